The molecule has 0 bridgehead atoms. The van der Waals surface area contributed by atoms with Crippen molar-refractivity contribution < 1.29 is 17.5 Å². The minimum atomic E-state index is -3.88. The van der Waals surface area contributed by atoms with Gasteiger partial charge in [-0.15, -0.1) is 0 Å². The normalized spacial score (nSPS) is 11.2. The van der Waals surface area contributed by atoms with Crippen molar-refractivity contribution in [1.29, 1.82) is 0 Å². The second kappa shape index (κ2) is 5.68. The third kappa shape index (κ3) is 3.02. The highest BCUT2D eigenvalue weighted by Gasteiger charge is 2.17. The molecule has 0 spiro atoms. The van der Waals surface area contributed by atoms with E-state index in [0.29, 0.717) is 5.75 Å². The average Bonchev–Trinajstić information content (AvgIpc) is 2.44. The van der Waals surface area contributed by atoms with Crippen molar-refractivity contribution in [3.63, 3.8) is 0 Å². The van der Waals surface area contributed by atoms with E-state index >= 15 is 0 Å². The van der Waals surface area contributed by atoms with E-state index in [1.54, 1.807) is 0 Å². The van der Waals surface area contributed by atoms with E-state index in [2.05, 4.69) is 4.72 Å². The molecule has 2 aromatic rings. The van der Waals surface area contributed by atoms with Crippen molar-refractivity contribution >= 4 is 27.3 Å². The third-order valence-electron chi connectivity index (χ3n) is 2.57. The molecule has 0 aliphatic carbocycles. The van der Waals surface area contributed by atoms with Crippen LogP contribution in [0.2, 0.25) is 5.02 Å². The van der Waals surface area contributed by atoms with Gasteiger partial charge in [0.2, 0.25) is 0 Å². The van der Waals surface area contributed by atoms with Crippen molar-refractivity contribution in [2.24, 2.45) is 0 Å². The smallest absolute Gasteiger partial charge is 0.261 e. The van der Waals surface area contributed by atoms with Crippen LogP contribution in [0.5, 0.6) is 5.75 Å². The van der Waals surface area contributed by atoms with Crippen LogP contribution in [0.4, 0.5) is 10.1 Å². The minimum Gasteiger partial charge on any atom is -0.497 e. The Morgan fingerprint density at radius 1 is 1.15 bits per heavy atom. The van der Waals surface area contributed by atoms with Gasteiger partial charge in [-0.1, -0.05) is 17.7 Å². The highest BCUT2D eigenvalue weighted by molar-refractivity contribution is 7.92. The van der Waals surface area contributed by atoms with Crippen LogP contribution < -0.4 is 9.46 Å². The van der Waals surface area contributed by atoms with E-state index in [0.717, 1.165) is 0 Å². The van der Waals surface area contributed by atoms with E-state index in [1.165, 1.54) is 49.6 Å². The standard InChI is InChI=1S/C13H11ClFNO3S/c1-19-9-5-7-10(8-6-9)20(17,18)16-12-4-2-3-11(14)13(12)15/h2-8,16H,1H3. The van der Waals surface area contributed by atoms with Crippen LogP contribution in [0.15, 0.2) is 47.4 Å². The highest BCUT2D eigenvalue weighted by atomic mass is 35.5. The zero-order chi connectivity index (χ0) is 14.8. The first kappa shape index (κ1) is 14.6. The summed E-state index contributed by atoms with van der Waals surface area (Å²) >= 11 is 5.60. The number of sulfonamides is 1. The second-order valence-electron chi connectivity index (χ2n) is 3.88. The van der Waals surface area contributed by atoms with Gasteiger partial charge in [0.1, 0.15) is 5.75 Å². The molecule has 0 aromatic heterocycles. The summed E-state index contributed by atoms with van der Waals surface area (Å²) < 4.78 is 45.0. The van der Waals surface area contributed by atoms with Crippen LogP contribution in [-0.2, 0) is 10.0 Å². The van der Waals surface area contributed by atoms with Gasteiger partial charge in [-0.2, -0.15) is 0 Å². The topological polar surface area (TPSA) is 55.4 Å². The fourth-order valence-electron chi connectivity index (χ4n) is 1.54. The number of rotatable bonds is 4. The molecule has 0 saturated carbocycles. The van der Waals surface area contributed by atoms with Gasteiger partial charge in [0.05, 0.1) is 22.7 Å². The first-order valence-electron chi connectivity index (χ1n) is 5.55. The molecule has 0 saturated heterocycles. The lowest BCUT2D eigenvalue weighted by Gasteiger charge is -2.10. The second-order valence-corrected chi connectivity index (χ2v) is 5.97. The number of nitrogens with one attached hydrogen (secondary N) is 1. The molecule has 0 radical (unpaired) electrons. The van der Waals surface area contributed by atoms with Crippen LogP contribution in [0, 0.1) is 5.82 Å². The summed E-state index contributed by atoms with van der Waals surface area (Å²) in [4.78, 5) is -0.00215. The predicted molar refractivity (Wildman–Crippen MR) is 75.2 cm³/mol. The molecule has 4 nitrogen and oxygen atoms in total. The first-order valence-corrected chi connectivity index (χ1v) is 7.41. The van der Waals surface area contributed by atoms with Crippen LogP contribution in [0.3, 0.4) is 0 Å². The molecule has 0 aliphatic heterocycles. The molecule has 1 N–H and O–H groups in total. The summed E-state index contributed by atoms with van der Waals surface area (Å²) in [5.41, 5.74) is -0.201. The summed E-state index contributed by atoms with van der Waals surface area (Å²) in [6.07, 6.45) is 0. The molecular formula is C13H11ClFNO3S. The Bertz CT molecular complexity index is 717. The summed E-state index contributed by atoms with van der Waals surface area (Å²) in [7, 11) is -2.41. The Morgan fingerprint density at radius 3 is 2.40 bits per heavy atom. The van der Waals surface area contributed by atoms with E-state index < -0.39 is 15.8 Å². The van der Waals surface area contributed by atoms with E-state index in [9.17, 15) is 12.8 Å². The zero-order valence-corrected chi connectivity index (χ0v) is 12.0. The van der Waals surface area contributed by atoms with E-state index in [4.69, 9.17) is 16.3 Å². The Kier molecular flexibility index (Phi) is 4.15. The summed E-state index contributed by atoms with van der Waals surface area (Å²) in [5.74, 6) is -0.288. The zero-order valence-electron chi connectivity index (χ0n) is 10.4. The maximum atomic E-state index is 13.7. The van der Waals surface area contributed by atoms with Crippen molar-refractivity contribution in [2.75, 3.05) is 11.8 Å². The molecule has 20 heavy (non-hydrogen) atoms. The molecule has 2 rings (SSSR count). The van der Waals surface area contributed by atoms with Gasteiger partial charge in [-0.3, -0.25) is 4.72 Å². The quantitative estimate of drug-likeness (QED) is 0.942. The Hall–Kier alpha value is -1.79. The van der Waals surface area contributed by atoms with Crippen molar-refractivity contribution in [1.82, 2.24) is 0 Å². The summed E-state index contributed by atoms with van der Waals surface area (Å²) in [6.45, 7) is 0. The monoisotopic (exact) mass is 315 g/mol. The molecule has 0 fully saturated rings. The number of hydrogen-bond donors (Lipinski definition) is 1. The molecule has 106 valence electrons. The average molecular weight is 316 g/mol. The van der Waals surface area contributed by atoms with Gasteiger partial charge in [0, 0.05) is 0 Å². The van der Waals surface area contributed by atoms with E-state index in [1.807, 2.05) is 0 Å². The van der Waals surface area contributed by atoms with Crippen molar-refractivity contribution in [2.45, 2.75) is 4.90 Å². The minimum absolute atomic E-state index is 0.00215. The first-order chi connectivity index (χ1) is 9.44. The van der Waals surface area contributed by atoms with Crippen molar-refractivity contribution in [3.05, 3.63) is 53.3 Å². The number of benzene rings is 2. The molecule has 0 unspecified atom stereocenters. The highest BCUT2D eigenvalue weighted by Crippen LogP contribution is 2.25. The number of anilines is 1. The van der Waals surface area contributed by atoms with E-state index in [-0.39, 0.29) is 15.6 Å². The SMILES string of the molecule is COc1ccc(S(=O)(=O)Nc2cccc(Cl)c2F)cc1. The Labute approximate surface area is 121 Å². The van der Waals surface area contributed by atoms with Crippen molar-refractivity contribution in [3.8, 4) is 5.75 Å². The largest absolute Gasteiger partial charge is 0.497 e. The van der Waals surface area contributed by atoms with Gasteiger partial charge < -0.3 is 4.74 Å². The van der Waals surface area contributed by atoms with Crippen LogP contribution >= 0.6 is 11.6 Å². The van der Waals surface area contributed by atoms with Crippen LogP contribution in [0.1, 0.15) is 0 Å². The molecular weight excluding hydrogens is 305 g/mol. The number of methoxy groups -OCH3 is 1. The summed E-state index contributed by atoms with van der Waals surface area (Å²) in [5, 5.41) is -0.153. The predicted octanol–water partition coefficient (Wildman–Crippen LogP) is 3.29. The molecule has 2 aromatic carbocycles. The third-order valence-corrected chi connectivity index (χ3v) is 4.24. The van der Waals surface area contributed by atoms with Crippen LogP contribution in [0.25, 0.3) is 0 Å². The lowest BCUT2D eigenvalue weighted by atomic mass is 10.3. The Morgan fingerprint density at radius 2 is 1.80 bits per heavy atom. The van der Waals surface area contributed by atoms with Gasteiger partial charge in [-0.25, -0.2) is 12.8 Å². The molecule has 0 atom stereocenters. The van der Waals surface area contributed by atoms with Gasteiger partial charge in [0.25, 0.3) is 10.0 Å². The molecule has 0 heterocycles. The maximum Gasteiger partial charge on any atom is 0.261 e. The van der Waals surface area contributed by atoms with Gasteiger partial charge >= 0.3 is 0 Å². The fraction of sp³-hybridized carbons (Fsp3) is 0.0769. The molecule has 7 heteroatoms. The number of hydrogen-bond acceptors (Lipinski definition) is 3. The van der Waals surface area contributed by atoms with Gasteiger partial charge in [0.15, 0.2) is 5.82 Å². The molecule has 0 amide bonds. The fourth-order valence-corrected chi connectivity index (χ4v) is 2.78. The maximum absolute atomic E-state index is 13.7. The van der Waals surface area contributed by atoms with Crippen LogP contribution in [-0.4, -0.2) is 15.5 Å². The summed E-state index contributed by atoms with van der Waals surface area (Å²) in [6, 6.07) is 9.82. The van der Waals surface area contributed by atoms with Gasteiger partial charge in [-0.05, 0) is 36.4 Å². The number of halogens is 2. The lowest BCUT2D eigenvalue weighted by Crippen LogP contribution is -2.14. The Balaban J connectivity index is 2.33. The molecule has 0 aliphatic rings. The number of ether oxygens (including phenoxy) is 1. The lowest BCUT2D eigenvalue weighted by molar-refractivity contribution is 0.414.